The average molecular weight is 471 g/mol. The predicted octanol–water partition coefficient (Wildman–Crippen LogP) is 6.50. The first kappa shape index (κ1) is 24.7. The Morgan fingerprint density at radius 3 is 2.34 bits per heavy atom. The van der Waals surface area contributed by atoms with Crippen molar-refractivity contribution in [3.63, 3.8) is 0 Å². The topological polar surface area (TPSA) is 36.9 Å². The molecular formula is C24H29F3O4S. The molecule has 0 aromatic heterocycles. The number of alkyl halides is 3. The summed E-state index contributed by atoms with van der Waals surface area (Å²) in [5.74, 6) is 1.02. The van der Waals surface area contributed by atoms with E-state index in [-0.39, 0.29) is 6.61 Å². The van der Waals surface area contributed by atoms with Gasteiger partial charge in [-0.3, -0.25) is 0 Å². The SMILES string of the molecule is CCCOc1ccc(SCC2(COc3ccc(C(F)(F)F)cc3)COC(C)(C)O2)cc1C. The van der Waals surface area contributed by atoms with E-state index >= 15 is 0 Å². The summed E-state index contributed by atoms with van der Waals surface area (Å²) in [6.45, 7) is 8.91. The minimum absolute atomic E-state index is 0.158. The zero-order chi connectivity index (χ0) is 23.4. The number of hydrogen-bond donors (Lipinski definition) is 0. The highest BCUT2D eigenvalue weighted by molar-refractivity contribution is 7.99. The number of aryl methyl sites for hydroxylation is 1. The lowest BCUT2D eigenvalue weighted by Crippen LogP contribution is -2.43. The summed E-state index contributed by atoms with van der Waals surface area (Å²) in [4.78, 5) is 1.06. The van der Waals surface area contributed by atoms with Gasteiger partial charge in [0.05, 0.1) is 18.8 Å². The first-order valence-corrected chi connectivity index (χ1v) is 11.5. The fraction of sp³-hybridized carbons (Fsp3) is 0.500. The molecule has 0 radical (unpaired) electrons. The lowest BCUT2D eigenvalue weighted by molar-refractivity contribution is -0.161. The molecule has 1 aliphatic heterocycles. The molecule has 0 bridgehead atoms. The van der Waals surface area contributed by atoms with E-state index in [1.54, 1.807) is 11.8 Å². The molecule has 0 amide bonds. The predicted molar refractivity (Wildman–Crippen MR) is 118 cm³/mol. The highest BCUT2D eigenvalue weighted by Gasteiger charge is 2.46. The Labute approximate surface area is 191 Å². The van der Waals surface area contributed by atoms with Crippen LogP contribution < -0.4 is 9.47 Å². The molecule has 176 valence electrons. The van der Waals surface area contributed by atoms with Crippen LogP contribution >= 0.6 is 11.8 Å². The van der Waals surface area contributed by atoms with E-state index < -0.39 is 23.1 Å². The molecule has 0 aliphatic carbocycles. The normalized spacial score (nSPS) is 20.3. The minimum Gasteiger partial charge on any atom is -0.493 e. The van der Waals surface area contributed by atoms with Crippen LogP contribution in [0.3, 0.4) is 0 Å². The van der Waals surface area contributed by atoms with E-state index in [1.807, 2.05) is 32.9 Å². The van der Waals surface area contributed by atoms with Crippen LogP contribution in [-0.4, -0.2) is 37.0 Å². The third-order valence-corrected chi connectivity index (χ3v) is 6.20. The fourth-order valence-electron chi connectivity index (χ4n) is 3.33. The summed E-state index contributed by atoms with van der Waals surface area (Å²) in [5.41, 5.74) is -0.386. The average Bonchev–Trinajstić information content (AvgIpc) is 3.05. The van der Waals surface area contributed by atoms with E-state index in [9.17, 15) is 13.2 Å². The monoisotopic (exact) mass is 470 g/mol. The zero-order valence-corrected chi connectivity index (χ0v) is 19.6. The summed E-state index contributed by atoms with van der Waals surface area (Å²) < 4.78 is 61.9. The second kappa shape index (κ2) is 9.93. The van der Waals surface area contributed by atoms with Gasteiger partial charge in [-0.1, -0.05) is 6.92 Å². The maximum Gasteiger partial charge on any atom is 0.416 e. The Hall–Kier alpha value is -1.90. The first-order valence-electron chi connectivity index (χ1n) is 10.5. The molecule has 2 aromatic carbocycles. The summed E-state index contributed by atoms with van der Waals surface area (Å²) in [6, 6.07) is 10.7. The van der Waals surface area contributed by atoms with Gasteiger partial charge < -0.3 is 18.9 Å². The van der Waals surface area contributed by atoms with E-state index in [1.165, 1.54) is 12.1 Å². The number of rotatable bonds is 9. The Kier molecular flexibility index (Phi) is 7.68. The van der Waals surface area contributed by atoms with Crippen molar-refractivity contribution in [1.29, 1.82) is 0 Å². The number of benzene rings is 2. The van der Waals surface area contributed by atoms with E-state index in [0.717, 1.165) is 34.8 Å². The van der Waals surface area contributed by atoms with Crippen LogP contribution in [0.5, 0.6) is 11.5 Å². The summed E-state index contributed by atoms with van der Waals surface area (Å²) in [7, 11) is 0. The largest absolute Gasteiger partial charge is 0.493 e. The second-order valence-electron chi connectivity index (χ2n) is 8.35. The molecule has 3 rings (SSSR count). The summed E-state index contributed by atoms with van der Waals surface area (Å²) in [5, 5.41) is 0. The molecule has 8 heteroatoms. The van der Waals surface area contributed by atoms with Crippen molar-refractivity contribution >= 4 is 11.8 Å². The quantitative estimate of drug-likeness (QED) is 0.391. The molecule has 0 saturated carbocycles. The van der Waals surface area contributed by atoms with Crippen molar-refractivity contribution < 1.29 is 32.1 Å². The Balaban J connectivity index is 1.66. The van der Waals surface area contributed by atoms with Crippen molar-refractivity contribution in [1.82, 2.24) is 0 Å². The molecule has 1 fully saturated rings. The van der Waals surface area contributed by atoms with Gasteiger partial charge in [-0.2, -0.15) is 13.2 Å². The van der Waals surface area contributed by atoms with Gasteiger partial charge in [0.15, 0.2) is 5.79 Å². The van der Waals surface area contributed by atoms with Crippen molar-refractivity contribution in [2.24, 2.45) is 0 Å². The first-order chi connectivity index (χ1) is 15.0. The third-order valence-electron chi connectivity index (χ3n) is 4.94. The molecule has 32 heavy (non-hydrogen) atoms. The number of ether oxygens (including phenoxy) is 4. The van der Waals surface area contributed by atoms with E-state index in [4.69, 9.17) is 18.9 Å². The molecule has 1 heterocycles. The zero-order valence-electron chi connectivity index (χ0n) is 18.8. The molecule has 1 atom stereocenters. The minimum atomic E-state index is -4.38. The Morgan fingerprint density at radius 1 is 1.06 bits per heavy atom. The lowest BCUT2D eigenvalue weighted by Gasteiger charge is -2.29. The van der Waals surface area contributed by atoms with Gasteiger partial charge in [0.1, 0.15) is 23.7 Å². The highest BCUT2D eigenvalue weighted by atomic mass is 32.2. The smallest absolute Gasteiger partial charge is 0.416 e. The van der Waals surface area contributed by atoms with Crippen LogP contribution in [0, 0.1) is 6.92 Å². The molecular weight excluding hydrogens is 441 g/mol. The number of thioether (sulfide) groups is 1. The maximum atomic E-state index is 12.8. The summed E-state index contributed by atoms with van der Waals surface area (Å²) >= 11 is 1.62. The molecule has 4 nitrogen and oxygen atoms in total. The van der Waals surface area contributed by atoms with Crippen molar-refractivity contribution in [2.45, 2.75) is 56.6 Å². The van der Waals surface area contributed by atoms with Crippen LogP contribution in [0.15, 0.2) is 47.4 Å². The molecule has 1 saturated heterocycles. The van der Waals surface area contributed by atoms with Crippen LogP contribution in [0.1, 0.15) is 38.3 Å². The molecule has 1 unspecified atom stereocenters. The molecule has 2 aromatic rings. The van der Waals surface area contributed by atoms with Crippen LogP contribution in [-0.2, 0) is 15.7 Å². The second-order valence-corrected chi connectivity index (χ2v) is 9.40. The third kappa shape index (κ3) is 6.56. The van der Waals surface area contributed by atoms with Crippen LogP contribution in [0.4, 0.5) is 13.2 Å². The van der Waals surface area contributed by atoms with Gasteiger partial charge in [-0.15, -0.1) is 11.8 Å². The van der Waals surface area contributed by atoms with Gasteiger partial charge in [0.2, 0.25) is 0 Å². The summed E-state index contributed by atoms with van der Waals surface area (Å²) in [6.07, 6.45) is -3.43. The number of hydrogen-bond acceptors (Lipinski definition) is 5. The standard InChI is InChI=1S/C24H29F3O4S/c1-5-12-28-21-11-10-20(13-17(21)2)32-16-23(15-30-22(3,4)31-23)14-29-19-8-6-18(7-9-19)24(25,26)27/h6-11,13H,5,12,14-16H2,1-4H3. The van der Waals surface area contributed by atoms with Gasteiger partial charge >= 0.3 is 6.18 Å². The van der Waals surface area contributed by atoms with Gasteiger partial charge in [0.25, 0.3) is 0 Å². The van der Waals surface area contributed by atoms with Crippen molar-refractivity contribution in [3.05, 3.63) is 53.6 Å². The molecule has 0 N–H and O–H groups in total. The Bertz CT molecular complexity index is 899. The maximum absolute atomic E-state index is 12.8. The van der Waals surface area contributed by atoms with Crippen molar-refractivity contribution in [3.8, 4) is 11.5 Å². The van der Waals surface area contributed by atoms with Crippen LogP contribution in [0.25, 0.3) is 0 Å². The van der Waals surface area contributed by atoms with Crippen LogP contribution in [0.2, 0.25) is 0 Å². The lowest BCUT2D eigenvalue weighted by atomic mass is 10.1. The molecule has 0 spiro atoms. The van der Waals surface area contributed by atoms with Gasteiger partial charge in [-0.05, 0) is 75.2 Å². The Morgan fingerprint density at radius 2 is 1.78 bits per heavy atom. The van der Waals surface area contributed by atoms with Crippen molar-refractivity contribution in [2.75, 3.05) is 25.6 Å². The van der Waals surface area contributed by atoms with E-state index in [2.05, 4.69) is 13.0 Å². The number of halogens is 3. The van der Waals surface area contributed by atoms with Gasteiger partial charge in [-0.25, -0.2) is 0 Å². The molecule has 1 aliphatic rings. The van der Waals surface area contributed by atoms with Gasteiger partial charge in [0, 0.05) is 10.6 Å². The highest BCUT2D eigenvalue weighted by Crippen LogP contribution is 2.37. The van der Waals surface area contributed by atoms with E-state index in [0.29, 0.717) is 24.7 Å². The fourth-order valence-corrected chi connectivity index (χ4v) is 4.40.